The van der Waals surface area contributed by atoms with Crippen molar-refractivity contribution in [1.29, 1.82) is 0 Å². The maximum Gasteiger partial charge on any atom is 0.290 e. The van der Waals surface area contributed by atoms with Crippen LogP contribution < -0.4 is 9.47 Å². The Morgan fingerprint density at radius 2 is 1.94 bits per heavy atom. The van der Waals surface area contributed by atoms with Crippen LogP contribution in [0.2, 0.25) is 0 Å². The highest BCUT2D eigenvalue weighted by atomic mass is 16.7. The molecule has 0 spiro atoms. The van der Waals surface area contributed by atoms with Gasteiger partial charge in [0, 0.05) is 0 Å². The van der Waals surface area contributed by atoms with Gasteiger partial charge in [0.05, 0.1) is 0 Å². The molecule has 0 amide bonds. The number of ether oxygens (including phenoxy) is 2. The lowest BCUT2D eigenvalue weighted by Gasteiger charge is -2.39. The molecule has 2 aliphatic rings. The molecule has 4 heteroatoms. The van der Waals surface area contributed by atoms with E-state index < -0.39 is 0 Å². The van der Waals surface area contributed by atoms with Crippen LogP contribution in [0.1, 0.15) is 31.7 Å². The fourth-order valence-electron chi connectivity index (χ4n) is 2.27. The maximum atomic E-state index is 8.36. The molecule has 1 aromatic carbocycles. The standard InChI is InChI=1S/C12H14O2.CH2O2/c1-12(5-2-6-12)9-3-4-10-11(7-9)14-8-13-10;2-1-3/h3-4,7H,2,5-6,8H2,1H3;1H,(H,2,3). The van der Waals surface area contributed by atoms with Crippen molar-refractivity contribution < 1.29 is 19.4 Å². The quantitative estimate of drug-likeness (QED) is 0.761. The Hall–Kier alpha value is -1.71. The van der Waals surface area contributed by atoms with Gasteiger partial charge in [0.1, 0.15) is 0 Å². The lowest BCUT2D eigenvalue weighted by Crippen LogP contribution is -2.30. The van der Waals surface area contributed by atoms with Gasteiger partial charge in [-0.25, -0.2) is 0 Å². The highest BCUT2D eigenvalue weighted by molar-refractivity contribution is 5.46. The molecule has 1 N–H and O–H groups in total. The first-order valence-corrected chi connectivity index (χ1v) is 5.67. The molecule has 1 aliphatic heterocycles. The fourth-order valence-corrected chi connectivity index (χ4v) is 2.27. The van der Waals surface area contributed by atoms with E-state index >= 15 is 0 Å². The van der Waals surface area contributed by atoms with Crippen molar-refractivity contribution in [2.24, 2.45) is 0 Å². The van der Waals surface area contributed by atoms with Gasteiger partial charge in [-0.1, -0.05) is 19.4 Å². The minimum Gasteiger partial charge on any atom is -0.483 e. The van der Waals surface area contributed by atoms with Crippen LogP contribution in [-0.4, -0.2) is 18.4 Å². The van der Waals surface area contributed by atoms with Crippen LogP contribution in [0, 0.1) is 0 Å². The van der Waals surface area contributed by atoms with Crippen molar-refractivity contribution in [1.82, 2.24) is 0 Å². The second kappa shape index (κ2) is 4.65. The molecule has 1 fully saturated rings. The summed E-state index contributed by atoms with van der Waals surface area (Å²) in [6, 6.07) is 6.34. The lowest BCUT2D eigenvalue weighted by atomic mass is 9.66. The minimum absolute atomic E-state index is 0.250. The molecule has 1 saturated carbocycles. The second-order valence-electron chi connectivity index (χ2n) is 4.59. The van der Waals surface area contributed by atoms with E-state index in [0.717, 1.165) is 11.5 Å². The predicted octanol–water partition coefficient (Wildman–Crippen LogP) is 2.56. The summed E-state index contributed by atoms with van der Waals surface area (Å²) in [4.78, 5) is 8.36. The number of carbonyl (C=O) groups is 1. The van der Waals surface area contributed by atoms with E-state index in [1.54, 1.807) is 0 Å². The molecule has 17 heavy (non-hydrogen) atoms. The third-order valence-corrected chi connectivity index (χ3v) is 3.53. The van der Waals surface area contributed by atoms with E-state index in [0.29, 0.717) is 12.2 Å². The highest BCUT2D eigenvalue weighted by Crippen LogP contribution is 2.45. The number of carboxylic acid groups (broad SMARTS) is 1. The lowest BCUT2D eigenvalue weighted by molar-refractivity contribution is -0.122. The van der Waals surface area contributed by atoms with Crippen molar-refractivity contribution in [2.75, 3.05) is 6.79 Å². The largest absolute Gasteiger partial charge is 0.483 e. The predicted molar refractivity (Wildman–Crippen MR) is 62.5 cm³/mol. The molecule has 1 aliphatic carbocycles. The first-order chi connectivity index (χ1) is 8.19. The Morgan fingerprint density at radius 3 is 2.53 bits per heavy atom. The molecule has 0 radical (unpaired) electrons. The van der Waals surface area contributed by atoms with Crippen molar-refractivity contribution in [3.8, 4) is 11.5 Å². The zero-order chi connectivity index (χ0) is 12.3. The van der Waals surface area contributed by atoms with Crippen LogP contribution in [0.25, 0.3) is 0 Å². The molecule has 0 atom stereocenters. The monoisotopic (exact) mass is 236 g/mol. The number of hydrogen-bond acceptors (Lipinski definition) is 3. The van der Waals surface area contributed by atoms with Crippen LogP contribution in [-0.2, 0) is 10.2 Å². The molecule has 0 bridgehead atoms. The van der Waals surface area contributed by atoms with E-state index in [1.165, 1.54) is 24.8 Å². The Kier molecular flexibility index (Phi) is 3.22. The zero-order valence-corrected chi connectivity index (χ0v) is 9.81. The summed E-state index contributed by atoms with van der Waals surface area (Å²) in [6.07, 6.45) is 3.95. The Morgan fingerprint density at radius 1 is 1.29 bits per heavy atom. The van der Waals surface area contributed by atoms with Crippen molar-refractivity contribution >= 4 is 6.47 Å². The van der Waals surface area contributed by atoms with Gasteiger partial charge in [-0.05, 0) is 36.0 Å². The smallest absolute Gasteiger partial charge is 0.290 e. The van der Waals surface area contributed by atoms with Crippen LogP contribution in [0.4, 0.5) is 0 Å². The summed E-state index contributed by atoms with van der Waals surface area (Å²) in [5.74, 6) is 1.80. The fraction of sp³-hybridized carbons (Fsp3) is 0.462. The van der Waals surface area contributed by atoms with Crippen LogP contribution >= 0.6 is 0 Å². The Bertz CT molecular complexity index is 410. The van der Waals surface area contributed by atoms with Crippen molar-refractivity contribution in [3.63, 3.8) is 0 Å². The van der Waals surface area contributed by atoms with Gasteiger partial charge in [-0.2, -0.15) is 0 Å². The number of fused-ring (bicyclic) bond motifs is 1. The van der Waals surface area contributed by atoms with Crippen LogP contribution in [0.5, 0.6) is 11.5 Å². The average molecular weight is 236 g/mol. The number of hydrogen-bond donors (Lipinski definition) is 1. The number of benzene rings is 1. The Labute approximate surface area is 100 Å². The molecule has 3 rings (SSSR count). The van der Waals surface area contributed by atoms with Crippen LogP contribution in [0.15, 0.2) is 18.2 Å². The first-order valence-electron chi connectivity index (χ1n) is 5.67. The number of rotatable bonds is 1. The van der Waals surface area contributed by atoms with Crippen molar-refractivity contribution in [2.45, 2.75) is 31.6 Å². The van der Waals surface area contributed by atoms with Gasteiger partial charge in [-0.3, -0.25) is 4.79 Å². The topological polar surface area (TPSA) is 55.8 Å². The molecule has 1 heterocycles. The molecular weight excluding hydrogens is 220 g/mol. The first kappa shape index (κ1) is 11.8. The summed E-state index contributed by atoms with van der Waals surface area (Å²) >= 11 is 0. The maximum absolute atomic E-state index is 8.36. The third kappa shape index (κ3) is 2.20. The van der Waals surface area contributed by atoms with E-state index in [9.17, 15) is 0 Å². The van der Waals surface area contributed by atoms with Gasteiger partial charge in [0.25, 0.3) is 6.47 Å². The summed E-state index contributed by atoms with van der Waals surface area (Å²) in [6.45, 7) is 2.45. The van der Waals surface area contributed by atoms with E-state index in [4.69, 9.17) is 19.4 Å². The summed E-state index contributed by atoms with van der Waals surface area (Å²) in [7, 11) is 0. The van der Waals surface area contributed by atoms with Gasteiger partial charge in [0.15, 0.2) is 11.5 Å². The Balaban J connectivity index is 0.000000329. The van der Waals surface area contributed by atoms with E-state index in [1.807, 2.05) is 6.07 Å². The molecule has 92 valence electrons. The molecule has 0 saturated heterocycles. The van der Waals surface area contributed by atoms with Gasteiger partial charge < -0.3 is 14.6 Å². The van der Waals surface area contributed by atoms with Crippen molar-refractivity contribution in [3.05, 3.63) is 23.8 Å². The third-order valence-electron chi connectivity index (χ3n) is 3.53. The van der Waals surface area contributed by atoms with Gasteiger partial charge in [-0.15, -0.1) is 0 Å². The van der Waals surface area contributed by atoms with Gasteiger partial charge >= 0.3 is 0 Å². The zero-order valence-electron chi connectivity index (χ0n) is 9.81. The van der Waals surface area contributed by atoms with E-state index in [2.05, 4.69) is 19.1 Å². The summed E-state index contributed by atoms with van der Waals surface area (Å²) in [5.41, 5.74) is 1.79. The summed E-state index contributed by atoms with van der Waals surface area (Å²) in [5, 5.41) is 6.89. The summed E-state index contributed by atoms with van der Waals surface area (Å²) < 4.78 is 10.7. The average Bonchev–Trinajstić information content (AvgIpc) is 2.73. The second-order valence-corrected chi connectivity index (χ2v) is 4.59. The normalized spacial score (nSPS) is 18.6. The molecule has 1 aromatic rings. The molecule has 0 aromatic heterocycles. The van der Waals surface area contributed by atoms with Crippen LogP contribution in [0.3, 0.4) is 0 Å². The molecule has 4 nitrogen and oxygen atoms in total. The highest BCUT2D eigenvalue weighted by Gasteiger charge is 2.34. The SMILES string of the molecule is CC1(c2ccc3c(c2)OCO3)CCC1.O=CO. The minimum atomic E-state index is -0.250. The van der Waals surface area contributed by atoms with E-state index in [-0.39, 0.29) is 6.47 Å². The van der Waals surface area contributed by atoms with Gasteiger partial charge in [0.2, 0.25) is 6.79 Å². The molecule has 0 unspecified atom stereocenters. The molecular formula is C13H16O4.